The van der Waals surface area contributed by atoms with Gasteiger partial charge >= 0.3 is 0 Å². The Bertz CT molecular complexity index is 1020. The minimum absolute atomic E-state index is 0.335. The first-order valence-corrected chi connectivity index (χ1v) is 9.43. The average Bonchev–Trinajstić information content (AvgIpc) is 2.67. The quantitative estimate of drug-likeness (QED) is 0.553. The van der Waals surface area contributed by atoms with Crippen molar-refractivity contribution in [3.63, 3.8) is 0 Å². The van der Waals surface area contributed by atoms with Gasteiger partial charge in [-0.2, -0.15) is 0 Å². The molecule has 4 aromatic rings. The van der Waals surface area contributed by atoms with Crippen LogP contribution >= 0.6 is 0 Å². The lowest BCUT2D eigenvalue weighted by Crippen LogP contribution is -3.12. The van der Waals surface area contributed by atoms with Crippen molar-refractivity contribution in [2.24, 2.45) is 5.92 Å². The molecule has 0 bridgehead atoms. The number of likely N-dealkylation sites (tertiary alicyclic amines) is 1. The molecule has 1 unspecified atom stereocenters. The Hall–Kier alpha value is -2.16. The van der Waals surface area contributed by atoms with Crippen molar-refractivity contribution in [2.75, 3.05) is 19.7 Å². The van der Waals surface area contributed by atoms with Gasteiger partial charge in [0.05, 0.1) is 19.7 Å². The highest BCUT2D eigenvalue weighted by atomic mass is 16.3. The molecule has 5 rings (SSSR count). The molecule has 1 fully saturated rings. The number of nitrogens with one attached hydrogen (secondary N) is 1. The van der Waals surface area contributed by atoms with Gasteiger partial charge in [0.25, 0.3) is 0 Å². The van der Waals surface area contributed by atoms with E-state index in [4.69, 9.17) is 0 Å². The van der Waals surface area contributed by atoms with Crippen molar-refractivity contribution in [1.82, 2.24) is 0 Å². The first-order chi connectivity index (χ1) is 12.3. The predicted molar refractivity (Wildman–Crippen MR) is 104 cm³/mol. The van der Waals surface area contributed by atoms with E-state index in [-0.39, 0.29) is 0 Å². The summed E-state index contributed by atoms with van der Waals surface area (Å²) in [6.07, 6.45) is 2.41. The number of hydrogen-bond donors (Lipinski definition) is 2. The summed E-state index contributed by atoms with van der Waals surface area (Å²) in [5.41, 5.74) is 1.44. The van der Waals surface area contributed by atoms with E-state index in [1.165, 1.54) is 57.3 Å². The Morgan fingerprint density at radius 2 is 1.60 bits per heavy atom. The molecule has 1 aliphatic heterocycles. The highest BCUT2D eigenvalue weighted by molar-refractivity contribution is 6.23. The molecule has 2 N–H and O–H groups in total. The zero-order chi connectivity index (χ0) is 16.8. The third-order valence-electron chi connectivity index (χ3n) is 6.04. The summed E-state index contributed by atoms with van der Waals surface area (Å²) in [4.78, 5) is 1.61. The number of aliphatic hydroxyl groups excluding tert-OH is 1. The van der Waals surface area contributed by atoms with Crippen molar-refractivity contribution < 1.29 is 10.0 Å². The van der Waals surface area contributed by atoms with Crippen LogP contribution in [0.15, 0.2) is 54.6 Å². The van der Waals surface area contributed by atoms with Crippen LogP contribution < -0.4 is 4.90 Å². The molecule has 0 spiro atoms. The third-order valence-corrected chi connectivity index (χ3v) is 6.04. The molecule has 2 nitrogen and oxygen atoms in total. The van der Waals surface area contributed by atoms with Gasteiger partial charge in [0.1, 0.15) is 6.54 Å². The Balaban J connectivity index is 1.64. The van der Waals surface area contributed by atoms with Gasteiger partial charge in [-0.25, -0.2) is 0 Å². The van der Waals surface area contributed by atoms with Crippen LogP contribution in [0, 0.1) is 5.92 Å². The second kappa shape index (κ2) is 5.98. The summed E-state index contributed by atoms with van der Waals surface area (Å²) in [5, 5.41) is 17.7. The highest BCUT2D eigenvalue weighted by Gasteiger charge is 2.23. The Kier molecular flexibility index (Phi) is 3.61. The summed E-state index contributed by atoms with van der Waals surface area (Å²) in [7, 11) is 0. The maximum atomic E-state index is 9.52. The summed E-state index contributed by atoms with van der Waals surface area (Å²) in [6.45, 7) is 3.71. The van der Waals surface area contributed by atoms with Crippen molar-refractivity contribution in [2.45, 2.75) is 19.4 Å². The van der Waals surface area contributed by atoms with Crippen LogP contribution in [0.25, 0.3) is 32.3 Å². The van der Waals surface area contributed by atoms with Crippen molar-refractivity contribution in [3.05, 3.63) is 60.2 Å². The summed E-state index contributed by atoms with van der Waals surface area (Å²) in [6, 6.07) is 20.3. The van der Waals surface area contributed by atoms with Crippen LogP contribution in [0.1, 0.15) is 18.4 Å². The van der Waals surface area contributed by atoms with Gasteiger partial charge in [-0.15, -0.1) is 0 Å². The normalized spacial score (nSPS) is 21.5. The second-order valence-corrected chi connectivity index (χ2v) is 7.65. The topological polar surface area (TPSA) is 24.7 Å². The standard InChI is InChI=1S/C23H23NO/c25-15-16-3-2-12-24(13-16)14-20-9-8-19-7-6-17-4-1-5-18-10-11-21(20)23(19)22(17)18/h1,4-11,16,25H,2-3,12-15H2/p+1/t16-/m0/s1. The highest BCUT2D eigenvalue weighted by Crippen LogP contribution is 2.35. The number of piperidine rings is 1. The van der Waals surface area contributed by atoms with Crippen LogP contribution in [0.4, 0.5) is 0 Å². The molecule has 0 aliphatic carbocycles. The monoisotopic (exact) mass is 330 g/mol. The lowest BCUT2D eigenvalue weighted by atomic mass is 9.91. The smallest absolute Gasteiger partial charge is 0.103 e. The Morgan fingerprint density at radius 1 is 0.880 bits per heavy atom. The van der Waals surface area contributed by atoms with Gasteiger partial charge in [0.2, 0.25) is 0 Å². The zero-order valence-corrected chi connectivity index (χ0v) is 14.5. The largest absolute Gasteiger partial charge is 0.396 e. The van der Waals surface area contributed by atoms with Crippen LogP contribution in [0.5, 0.6) is 0 Å². The molecular weight excluding hydrogens is 306 g/mol. The van der Waals surface area contributed by atoms with E-state index < -0.39 is 0 Å². The van der Waals surface area contributed by atoms with Crippen molar-refractivity contribution in [1.29, 1.82) is 0 Å². The molecule has 1 aliphatic rings. The average molecular weight is 330 g/mol. The van der Waals surface area contributed by atoms with E-state index in [2.05, 4.69) is 54.6 Å². The Morgan fingerprint density at radius 3 is 2.40 bits per heavy atom. The lowest BCUT2D eigenvalue weighted by molar-refractivity contribution is -0.922. The minimum Gasteiger partial charge on any atom is -0.396 e. The van der Waals surface area contributed by atoms with E-state index in [0.29, 0.717) is 12.5 Å². The van der Waals surface area contributed by atoms with E-state index in [9.17, 15) is 5.11 Å². The minimum atomic E-state index is 0.335. The molecule has 0 radical (unpaired) electrons. The fraction of sp³-hybridized carbons (Fsp3) is 0.304. The third kappa shape index (κ3) is 2.48. The van der Waals surface area contributed by atoms with E-state index in [0.717, 1.165) is 13.1 Å². The fourth-order valence-electron chi connectivity index (χ4n) is 4.79. The molecule has 25 heavy (non-hydrogen) atoms. The summed E-state index contributed by atoms with van der Waals surface area (Å²) in [5.74, 6) is 0.475. The van der Waals surface area contributed by atoms with Crippen LogP contribution in [-0.4, -0.2) is 24.8 Å². The van der Waals surface area contributed by atoms with Crippen molar-refractivity contribution in [3.8, 4) is 0 Å². The second-order valence-electron chi connectivity index (χ2n) is 7.65. The zero-order valence-electron chi connectivity index (χ0n) is 14.5. The molecule has 0 saturated carbocycles. The number of benzene rings is 4. The predicted octanol–water partition coefficient (Wildman–Crippen LogP) is 3.37. The van der Waals surface area contributed by atoms with Gasteiger partial charge < -0.3 is 10.0 Å². The van der Waals surface area contributed by atoms with Crippen molar-refractivity contribution >= 4 is 32.3 Å². The molecular formula is C23H24NO+. The summed E-state index contributed by atoms with van der Waals surface area (Å²) >= 11 is 0. The summed E-state index contributed by atoms with van der Waals surface area (Å²) < 4.78 is 0. The molecule has 0 amide bonds. The van der Waals surface area contributed by atoms with Gasteiger partial charge in [-0.05, 0) is 45.2 Å². The molecule has 2 heteroatoms. The molecule has 0 aromatic heterocycles. The number of quaternary nitrogens is 1. The van der Waals surface area contributed by atoms with E-state index in [1.807, 2.05) is 0 Å². The molecule has 4 aromatic carbocycles. The molecule has 126 valence electrons. The maximum Gasteiger partial charge on any atom is 0.103 e. The van der Waals surface area contributed by atoms with E-state index in [1.54, 1.807) is 4.90 Å². The number of rotatable bonds is 3. The lowest BCUT2D eigenvalue weighted by Gasteiger charge is -2.29. The van der Waals surface area contributed by atoms with Gasteiger partial charge in [-0.3, -0.25) is 0 Å². The molecule has 1 saturated heterocycles. The van der Waals surface area contributed by atoms with Gasteiger partial charge in [0, 0.05) is 11.5 Å². The first kappa shape index (κ1) is 15.1. The molecule has 2 atom stereocenters. The Labute approximate surface area is 148 Å². The van der Waals surface area contributed by atoms with Gasteiger partial charge in [-0.1, -0.05) is 54.6 Å². The number of aliphatic hydroxyl groups is 1. The van der Waals surface area contributed by atoms with Crippen LogP contribution in [-0.2, 0) is 6.54 Å². The number of hydrogen-bond acceptors (Lipinski definition) is 1. The van der Waals surface area contributed by atoms with E-state index >= 15 is 0 Å². The van der Waals surface area contributed by atoms with Crippen LogP contribution in [0.2, 0.25) is 0 Å². The first-order valence-electron chi connectivity index (χ1n) is 9.43. The SMILES string of the molecule is OC[C@H]1CCC[NH+](Cc2ccc3ccc4cccc5ccc2c3c45)C1. The molecule has 1 heterocycles. The maximum absolute atomic E-state index is 9.52. The fourth-order valence-corrected chi connectivity index (χ4v) is 4.79. The van der Waals surface area contributed by atoms with Crippen LogP contribution in [0.3, 0.4) is 0 Å². The van der Waals surface area contributed by atoms with Gasteiger partial charge in [0.15, 0.2) is 0 Å².